The van der Waals surface area contributed by atoms with Gasteiger partial charge in [-0.1, -0.05) is 20.8 Å². The van der Waals surface area contributed by atoms with Crippen molar-refractivity contribution >= 4 is 6.09 Å². The zero-order valence-corrected chi connectivity index (χ0v) is 9.39. The van der Waals surface area contributed by atoms with E-state index in [0.717, 1.165) is 13.0 Å². The Bertz CT molecular complexity index is 211. The third-order valence-corrected chi connectivity index (χ3v) is 2.61. The Morgan fingerprint density at radius 1 is 1.50 bits per heavy atom. The van der Waals surface area contributed by atoms with Gasteiger partial charge in [0.2, 0.25) is 0 Å². The fraction of sp³-hybridized carbons (Fsp3) is 0.900. The molecule has 2 N–H and O–H groups in total. The Labute approximate surface area is 85.4 Å². The highest BCUT2D eigenvalue weighted by Crippen LogP contribution is 2.27. The van der Waals surface area contributed by atoms with E-state index in [4.69, 9.17) is 4.74 Å². The molecule has 0 aromatic carbocycles. The molecule has 4 nitrogen and oxygen atoms in total. The summed E-state index contributed by atoms with van der Waals surface area (Å²) in [6, 6.07) is 0.428. The molecule has 14 heavy (non-hydrogen) atoms. The van der Waals surface area contributed by atoms with E-state index in [9.17, 15) is 4.79 Å². The summed E-state index contributed by atoms with van der Waals surface area (Å²) < 4.78 is 5.17. The minimum Gasteiger partial charge on any atom is -0.445 e. The molecule has 4 heteroatoms. The van der Waals surface area contributed by atoms with Crippen molar-refractivity contribution in [2.45, 2.75) is 39.3 Å². The minimum atomic E-state index is -0.341. The molecule has 1 saturated heterocycles. The first-order valence-electron chi connectivity index (χ1n) is 5.05. The third-order valence-electron chi connectivity index (χ3n) is 2.61. The first-order chi connectivity index (χ1) is 6.43. The number of amides is 1. The van der Waals surface area contributed by atoms with Crippen LogP contribution in [-0.2, 0) is 4.74 Å². The van der Waals surface area contributed by atoms with Gasteiger partial charge in [-0.05, 0) is 5.41 Å². The molecule has 82 valence electrons. The van der Waals surface area contributed by atoms with Crippen LogP contribution in [0.3, 0.4) is 0 Å². The first-order valence-corrected chi connectivity index (χ1v) is 5.05. The summed E-state index contributed by atoms with van der Waals surface area (Å²) >= 11 is 0. The van der Waals surface area contributed by atoms with E-state index < -0.39 is 0 Å². The van der Waals surface area contributed by atoms with E-state index in [1.807, 2.05) is 0 Å². The molecule has 0 saturated carbocycles. The van der Waals surface area contributed by atoms with Crippen LogP contribution >= 0.6 is 0 Å². The van der Waals surface area contributed by atoms with Crippen LogP contribution in [0.15, 0.2) is 0 Å². The number of ether oxygens (including phenoxy) is 1. The molecule has 2 atom stereocenters. The molecule has 0 aromatic heterocycles. The number of carbonyl (C=O) groups is 1. The lowest BCUT2D eigenvalue weighted by Gasteiger charge is -2.26. The smallest absolute Gasteiger partial charge is 0.407 e. The van der Waals surface area contributed by atoms with Gasteiger partial charge in [0.1, 0.15) is 6.10 Å². The molecule has 1 rings (SSSR count). The van der Waals surface area contributed by atoms with E-state index in [0.29, 0.717) is 6.04 Å². The zero-order chi connectivity index (χ0) is 10.8. The Morgan fingerprint density at radius 2 is 2.14 bits per heavy atom. The standard InChI is InChI=1S/C10H20N2O2/c1-10(2,3)8-5-7(6-12-8)14-9(13)11-4/h7-8,12H,5-6H2,1-4H3,(H,11,13). The molecule has 0 radical (unpaired) electrons. The highest BCUT2D eigenvalue weighted by Gasteiger charge is 2.34. The molecule has 1 aliphatic heterocycles. The summed E-state index contributed by atoms with van der Waals surface area (Å²) in [6.45, 7) is 7.32. The van der Waals surface area contributed by atoms with Gasteiger partial charge < -0.3 is 15.4 Å². The van der Waals surface area contributed by atoms with Crippen LogP contribution in [0.2, 0.25) is 0 Å². The molecule has 0 aromatic rings. The summed E-state index contributed by atoms with van der Waals surface area (Å²) in [5.74, 6) is 0. The topological polar surface area (TPSA) is 50.4 Å². The quantitative estimate of drug-likeness (QED) is 0.667. The van der Waals surface area contributed by atoms with E-state index >= 15 is 0 Å². The third kappa shape index (κ3) is 2.87. The molecule has 1 heterocycles. The predicted octanol–water partition coefficient (Wildman–Crippen LogP) is 1.12. The maximum absolute atomic E-state index is 11.0. The van der Waals surface area contributed by atoms with E-state index in [-0.39, 0.29) is 17.6 Å². The largest absolute Gasteiger partial charge is 0.445 e. The maximum atomic E-state index is 11.0. The molecular formula is C10H20N2O2. The van der Waals surface area contributed by atoms with Crippen LogP contribution < -0.4 is 10.6 Å². The lowest BCUT2D eigenvalue weighted by atomic mass is 9.86. The van der Waals surface area contributed by atoms with Gasteiger partial charge in [-0.2, -0.15) is 0 Å². The lowest BCUT2D eigenvalue weighted by Crippen LogP contribution is -2.34. The van der Waals surface area contributed by atoms with E-state index in [2.05, 4.69) is 31.4 Å². The van der Waals surface area contributed by atoms with E-state index in [1.54, 1.807) is 7.05 Å². The Kier molecular flexibility index (Phi) is 3.37. The highest BCUT2D eigenvalue weighted by atomic mass is 16.6. The van der Waals surface area contributed by atoms with Crippen molar-refractivity contribution in [3.63, 3.8) is 0 Å². The Hall–Kier alpha value is -0.770. The van der Waals surface area contributed by atoms with Gasteiger partial charge >= 0.3 is 6.09 Å². The zero-order valence-electron chi connectivity index (χ0n) is 9.39. The lowest BCUT2D eigenvalue weighted by molar-refractivity contribution is 0.105. The molecule has 2 unspecified atom stereocenters. The van der Waals surface area contributed by atoms with Gasteiger partial charge in [-0.3, -0.25) is 0 Å². The number of nitrogens with one attached hydrogen (secondary N) is 2. The summed E-state index contributed by atoms with van der Waals surface area (Å²) in [5.41, 5.74) is 0.223. The molecule has 0 aliphatic carbocycles. The second-order valence-electron chi connectivity index (χ2n) is 4.84. The van der Waals surface area contributed by atoms with Crippen molar-refractivity contribution in [3.8, 4) is 0 Å². The second kappa shape index (κ2) is 4.17. The monoisotopic (exact) mass is 200 g/mol. The first kappa shape index (κ1) is 11.3. The average molecular weight is 200 g/mol. The number of alkyl carbamates (subject to hydrolysis) is 1. The van der Waals surface area contributed by atoms with Crippen molar-refractivity contribution in [1.29, 1.82) is 0 Å². The van der Waals surface area contributed by atoms with Crippen molar-refractivity contribution in [2.75, 3.05) is 13.6 Å². The Balaban J connectivity index is 2.38. The van der Waals surface area contributed by atoms with Crippen molar-refractivity contribution in [2.24, 2.45) is 5.41 Å². The van der Waals surface area contributed by atoms with Crippen LogP contribution in [0.1, 0.15) is 27.2 Å². The SMILES string of the molecule is CNC(=O)OC1CNC(C(C)(C)C)C1. The minimum absolute atomic E-state index is 0.0131. The average Bonchev–Trinajstić information content (AvgIpc) is 2.51. The van der Waals surface area contributed by atoms with Crippen molar-refractivity contribution < 1.29 is 9.53 Å². The van der Waals surface area contributed by atoms with Gasteiger partial charge in [0.05, 0.1) is 0 Å². The molecule has 0 bridgehead atoms. The van der Waals surface area contributed by atoms with E-state index in [1.165, 1.54) is 0 Å². The molecule has 1 fully saturated rings. The highest BCUT2D eigenvalue weighted by molar-refractivity contribution is 5.66. The molecular weight excluding hydrogens is 180 g/mol. The van der Waals surface area contributed by atoms with Crippen LogP contribution in [-0.4, -0.2) is 31.8 Å². The maximum Gasteiger partial charge on any atom is 0.407 e. The second-order valence-corrected chi connectivity index (χ2v) is 4.84. The molecule has 0 spiro atoms. The predicted molar refractivity (Wildman–Crippen MR) is 55.2 cm³/mol. The van der Waals surface area contributed by atoms with Crippen LogP contribution in [0, 0.1) is 5.41 Å². The normalized spacial score (nSPS) is 27.4. The fourth-order valence-corrected chi connectivity index (χ4v) is 1.66. The van der Waals surface area contributed by atoms with Gasteiger partial charge in [0.25, 0.3) is 0 Å². The number of carbonyl (C=O) groups excluding carboxylic acids is 1. The summed E-state index contributed by atoms with van der Waals surface area (Å²) in [5, 5.41) is 5.83. The fourth-order valence-electron chi connectivity index (χ4n) is 1.66. The van der Waals surface area contributed by atoms with Crippen molar-refractivity contribution in [1.82, 2.24) is 10.6 Å². The van der Waals surface area contributed by atoms with Crippen LogP contribution in [0.25, 0.3) is 0 Å². The number of hydrogen-bond donors (Lipinski definition) is 2. The number of hydrogen-bond acceptors (Lipinski definition) is 3. The van der Waals surface area contributed by atoms with Gasteiger partial charge in [-0.25, -0.2) is 4.79 Å². The number of rotatable bonds is 1. The Morgan fingerprint density at radius 3 is 2.57 bits per heavy atom. The van der Waals surface area contributed by atoms with Crippen LogP contribution in [0.5, 0.6) is 0 Å². The summed E-state index contributed by atoms with van der Waals surface area (Å²) in [6.07, 6.45) is 0.572. The summed E-state index contributed by atoms with van der Waals surface area (Å²) in [7, 11) is 1.58. The van der Waals surface area contributed by atoms with Crippen molar-refractivity contribution in [3.05, 3.63) is 0 Å². The molecule has 1 amide bonds. The van der Waals surface area contributed by atoms with Gasteiger partial charge in [-0.15, -0.1) is 0 Å². The summed E-state index contributed by atoms with van der Waals surface area (Å²) in [4.78, 5) is 11.0. The molecule has 1 aliphatic rings. The van der Waals surface area contributed by atoms with Crippen LogP contribution in [0.4, 0.5) is 4.79 Å². The van der Waals surface area contributed by atoms with Gasteiger partial charge in [0, 0.05) is 26.1 Å². The van der Waals surface area contributed by atoms with Gasteiger partial charge in [0.15, 0.2) is 0 Å².